The maximum atomic E-state index is 2.22. The van der Waals surface area contributed by atoms with E-state index in [1.54, 1.807) is 0 Å². The third-order valence-corrected chi connectivity index (χ3v) is 4.41. The zero-order chi connectivity index (χ0) is 13.8. The maximum absolute atomic E-state index is 2.22. The van der Waals surface area contributed by atoms with Crippen molar-refractivity contribution in [3.63, 3.8) is 0 Å². The zero-order valence-electron chi connectivity index (χ0n) is 11.5. The van der Waals surface area contributed by atoms with E-state index in [1.807, 2.05) is 6.07 Å². The van der Waals surface area contributed by atoms with E-state index in [0.29, 0.717) is 0 Å². The molecule has 20 heavy (non-hydrogen) atoms. The Morgan fingerprint density at radius 3 is 1.35 bits per heavy atom. The van der Waals surface area contributed by atoms with Gasteiger partial charge in [-0.05, 0) is 22.3 Å². The highest BCUT2D eigenvalue weighted by atomic mass is 28.2. The lowest BCUT2D eigenvalue weighted by atomic mass is 10.0. The van der Waals surface area contributed by atoms with Crippen molar-refractivity contribution in [3.8, 4) is 22.3 Å². The van der Waals surface area contributed by atoms with Crippen LogP contribution in [-0.4, -0.2) is 9.52 Å². The molecule has 0 spiro atoms. The second-order valence-electron chi connectivity index (χ2n) is 4.77. The fraction of sp³-hybridized carbons (Fsp3) is 0.0526. The van der Waals surface area contributed by atoms with Crippen LogP contribution in [0.4, 0.5) is 0 Å². The topological polar surface area (TPSA) is 0 Å². The Morgan fingerprint density at radius 2 is 0.900 bits per heavy atom. The summed E-state index contributed by atoms with van der Waals surface area (Å²) in [7, 11) is 0.863. The molecule has 0 fully saturated rings. The van der Waals surface area contributed by atoms with Gasteiger partial charge in [0.2, 0.25) is 0 Å². The van der Waals surface area contributed by atoms with Gasteiger partial charge in [-0.2, -0.15) is 0 Å². The Morgan fingerprint density at radius 1 is 0.500 bits per heavy atom. The molecular formula is C19H16Si. The van der Waals surface area contributed by atoms with Gasteiger partial charge in [-0.15, -0.1) is 0 Å². The van der Waals surface area contributed by atoms with Crippen LogP contribution in [-0.2, 0) is 0 Å². The summed E-state index contributed by atoms with van der Waals surface area (Å²) >= 11 is 0. The normalized spacial score (nSPS) is 10.4. The van der Waals surface area contributed by atoms with Crippen LogP contribution in [0, 0.1) is 0 Å². The summed E-state index contributed by atoms with van der Waals surface area (Å²) in [5, 5.41) is 1.41. The first-order valence-corrected chi connectivity index (χ1v) is 8.30. The average Bonchev–Trinajstić information content (AvgIpc) is 2.56. The van der Waals surface area contributed by atoms with Gasteiger partial charge < -0.3 is 0 Å². The van der Waals surface area contributed by atoms with Gasteiger partial charge in [0.25, 0.3) is 0 Å². The molecule has 0 atom stereocenters. The molecule has 0 aliphatic rings. The second-order valence-corrected chi connectivity index (χ2v) is 5.85. The minimum Gasteiger partial charge on any atom is -0.0688 e. The smallest absolute Gasteiger partial charge is 0.0688 e. The van der Waals surface area contributed by atoms with E-state index in [1.165, 1.54) is 27.4 Å². The summed E-state index contributed by atoms with van der Waals surface area (Å²) in [5.74, 6) is 0. The van der Waals surface area contributed by atoms with E-state index in [2.05, 4.69) is 79.3 Å². The summed E-state index contributed by atoms with van der Waals surface area (Å²) in [5.41, 5.74) is 5.09. The third kappa shape index (κ3) is 2.73. The van der Waals surface area contributed by atoms with E-state index < -0.39 is 0 Å². The van der Waals surface area contributed by atoms with Gasteiger partial charge in [0.15, 0.2) is 0 Å². The summed E-state index contributed by atoms with van der Waals surface area (Å²) in [6, 6.07) is 28.1. The Labute approximate surface area is 122 Å². The largest absolute Gasteiger partial charge is 0.0773 e. The molecule has 0 bridgehead atoms. The average molecular weight is 272 g/mol. The van der Waals surface area contributed by atoms with Gasteiger partial charge in [-0.1, -0.05) is 90.6 Å². The summed E-state index contributed by atoms with van der Waals surface area (Å²) in [4.78, 5) is 0. The fourth-order valence-electron chi connectivity index (χ4n) is 2.32. The molecule has 3 aromatic carbocycles. The summed E-state index contributed by atoms with van der Waals surface area (Å²) < 4.78 is 0. The molecule has 0 aliphatic carbocycles. The first-order valence-electron chi connectivity index (χ1n) is 6.80. The molecule has 0 aromatic heterocycles. The van der Waals surface area contributed by atoms with Crippen molar-refractivity contribution in [2.75, 3.05) is 0 Å². The lowest BCUT2D eigenvalue weighted by Gasteiger charge is -2.05. The van der Waals surface area contributed by atoms with Crippen LogP contribution in [0.2, 0.25) is 6.55 Å². The van der Waals surface area contributed by atoms with Crippen molar-refractivity contribution in [3.05, 3.63) is 78.9 Å². The van der Waals surface area contributed by atoms with Crippen molar-refractivity contribution in [2.24, 2.45) is 0 Å². The Kier molecular flexibility index (Phi) is 3.80. The SMILES string of the molecule is C[Si]c1ccc(-c2ccc(-c3ccccc3)cc2)cc1. The fourth-order valence-corrected chi connectivity index (χ4v) is 2.82. The van der Waals surface area contributed by atoms with Gasteiger partial charge in [-0.25, -0.2) is 0 Å². The van der Waals surface area contributed by atoms with Crippen LogP contribution in [0.1, 0.15) is 0 Å². The number of hydrogen-bond donors (Lipinski definition) is 0. The zero-order valence-corrected chi connectivity index (χ0v) is 12.5. The van der Waals surface area contributed by atoms with Crippen molar-refractivity contribution >= 4 is 14.7 Å². The van der Waals surface area contributed by atoms with Crippen molar-refractivity contribution in [1.82, 2.24) is 0 Å². The minimum atomic E-state index is 0.863. The summed E-state index contributed by atoms with van der Waals surface area (Å²) in [6.07, 6.45) is 0. The van der Waals surface area contributed by atoms with Crippen LogP contribution in [0.15, 0.2) is 78.9 Å². The standard InChI is InChI=1S/C19H16Si/c1-20-19-13-11-18(12-14-19)17-9-7-16(8-10-17)15-5-3-2-4-6-15/h2-14H,1H3. The maximum Gasteiger partial charge on any atom is 0.0773 e. The molecular weight excluding hydrogens is 256 g/mol. The van der Waals surface area contributed by atoms with E-state index in [-0.39, 0.29) is 0 Å². The molecule has 0 saturated carbocycles. The number of benzene rings is 3. The van der Waals surface area contributed by atoms with Crippen LogP contribution >= 0.6 is 0 Å². The molecule has 3 rings (SSSR count). The highest BCUT2D eigenvalue weighted by Crippen LogP contribution is 2.24. The monoisotopic (exact) mass is 272 g/mol. The van der Waals surface area contributed by atoms with Gasteiger partial charge in [-0.3, -0.25) is 0 Å². The van der Waals surface area contributed by atoms with Gasteiger partial charge in [0, 0.05) is 0 Å². The lowest BCUT2D eigenvalue weighted by Crippen LogP contribution is -2.08. The van der Waals surface area contributed by atoms with Crippen LogP contribution in [0.25, 0.3) is 22.3 Å². The van der Waals surface area contributed by atoms with Crippen molar-refractivity contribution in [2.45, 2.75) is 6.55 Å². The molecule has 96 valence electrons. The molecule has 0 unspecified atom stereocenters. The van der Waals surface area contributed by atoms with Gasteiger partial charge >= 0.3 is 0 Å². The third-order valence-electron chi connectivity index (χ3n) is 3.50. The molecule has 0 heterocycles. The van der Waals surface area contributed by atoms with Crippen molar-refractivity contribution < 1.29 is 0 Å². The molecule has 0 nitrogen and oxygen atoms in total. The Balaban J connectivity index is 1.89. The van der Waals surface area contributed by atoms with E-state index in [4.69, 9.17) is 0 Å². The van der Waals surface area contributed by atoms with E-state index in [9.17, 15) is 0 Å². The van der Waals surface area contributed by atoms with Crippen molar-refractivity contribution in [1.29, 1.82) is 0 Å². The molecule has 0 N–H and O–H groups in total. The molecule has 0 saturated heterocycles. The highest BCUT2D eigenvalue weighted by molar-refractivity contribution is 6.51. The lowest BCUT2D eigenvalue weighted by molar-refractivity contribution is 1.60. The van der Waals surface area contributed by atoms with Gasteiger partial charge in [0.1, 0.15) is 0 Å². The number of rotatable bonds is 3. The quantitative estimate of drug-likeness (QED) is 0.620. The molecule has 1 heteroatoms. The summed E-state index contributed by atoms with van der Waals surface area (Å²) in [6.45, 7) is 2.21. The predicted octanol–water partition coefficient (Wildman–Crippen LogP) is 4.40. The van der Waals surface area contributed by atoms with E-state index in [0.717, 1.165) is 9.52 Å². The van der Waals surface area contributed by atoms with Crippen LogP contribution in [0.5, 0.6) is 0 Å². The first kappa shape index (κ1) is 12.9. The Bertz CT molecular complexity index is 667. The first-order chi connectivity index (χ1) is 9.86. The molecule has 0 aliphatic heterocycles. The van der Waals surface area contributed by atoms with Gasteiger partial charge in [0.05, 0.1) is 9.52 Å². The van der Waals surface area contributed by atoms with Crippen LogP contribution < -0.4 is 5.19 Å². The second kappa shape index (κ2) is 5.89. The molecule has 2 radical (unpaired) electrons. The van der Waals surface area contributed by atoms with E-state index >= 15 is 0 Å². The molecule has 3 aromatic rings. The Hall–Kier alpha value is -2.12. The van der Waals surface area contributed by atoms with Crippen LogP contribution in [0.3, 0.4) is 0 Å². The predicted molar refractivity (Wildman–Crippen MR) is 88.6 cm³/mol. The highest BCUT2D eigenvalue weighted by Gasteiger charge is 2.00. The minimum absolute atomic E-state index is 0.863. The molecule has 0 amide bonds. The number of hydrogen-bond acceptors (Lipinski definition) is 0.